The van der Waals surface area contributed by atoms with Crippen LogP contribution in [0.3, 0.4) is 0 Å². The predicted molar refractivity (Wildman–Crippen MR) is 82.0 cm³/mol. The molecule has 3 nitrogen and oxygen atoms in total. The standard InChI is InChI=1S/C17H22N2O/c1-13(12-20)8-9-17-10-11-18(2)16(17)19(3)15-7-5-4-6-14(15)17/h4-8,12,16H,9-11H2,1-3H3/b13-8+/t16-,17+/m0/s1. The molecule has 0 saturated carbocycles. The fourth-order valence-corrected chi connectivity index (χ4v) is 4.03. The molecule has 3 heteroatoms. The molecule has 1 saturated heterocycles. The molecule has 1 aromatic carbocycles. The number of benzene rings is 1. The number of para-hydroxylation sites is 1. The topological polar surface area (TPSA) is 23.6 Å². The van der Waals surface area contributed by atoms with E-state index in [-0.39, 0.29) is 5.41 Å². The highest BCUT2D eigenvalue weighted by atomic mass is 16.1. The second-order valence-corrected chi connectivity index (χ2v) is 6.16. The molecule has 1 aromatic rings. The average Bonchev–Trinajstić information content (AvgIpc) is 2.93. The van der Waals surface area contributed by atoms with Crippen LogP contribution in [-0.4, -0.2) is 38.0 Å². The number of carbonyl (C=O) groups is 1. The van der Waals surface area contributed by atoms with Gasteiger partial charge in [-0.25, -0.2) is 0 Å². The largest absolute Gasteiger partial charge is 0.358 e. The van der Waals surface area contributed by atoms with Crippen molar-refractivity contribution in [3.63, 3.8) is 0 Å². The van der Waals surface area contributed by atoms with Gasteiger partial charge in [0.25, 0.3) is 0 Å². The van der Waals surface area contributed by atoms with Crippen molar-refractivity contribution in [2.24, 2.45) is 0 Å². The van der Waals surface area contributed by atoms with Crippen molar-refractivity contribution >= 4 is 12.0 Å². The third-order valence-corrected chi connectivity index (χ3v) is 4.98. The highest BCUT2D eigenvalue weighted by molar-refractivity contribution is 5.72. The Balaban J connectivity index is 2.08. The van der Waals surface area contributed by atoms with Gasteiger partial charge >= 0.3 is 0 Å². The summed E-state index contributed by atoms with van der Waals surface area (Å²) in [6, 6.07) is 8.70. The van der Waals surface area contributed by atoms with Crippen molar-refractivity contribution < 1.29 is 4.79 Å². The van der Waals surface area contributed by atoms with Crippen molar-refractivity contribution in [3.05, 3.63) is 41.5 Å². The number of carbonyl (C=O) groups excluding carboxylic acids is 1. The predicted octanol–water partition coefficient (Wildman–Crippen LogP) is 2.57. The summed E-state index contributed by atoms with van der Waals surface area (Å²) >= 11 is 0. The second kappa shape index (κ2) is 4.74. The summed E-state index contributed by atoms with van der Waals surface area (Å²) in [6.07, 6.45) is 5.55. The van der Waals surface area contributed by atoms with E-state index in [1.165, 1.54) is 11.3 Å². The molecule has 2 atom stereocenters. The molecule has 0 radical (unpaired) electrons. The molecule has 0 amide bonds. The van der Waals surface area contributed by atoms with Crippen LogP contribution in [0.15, 0.2) is 35.9 Å². The molecule has 2 aliphatic rings. The number of hydrogen-bond donors (Lipinski definition) is 0. The summed E-state index contributed by atoms with van der Waals surface area (Å²) in [7, 11) is 4.38. The van der Waals surface area contributed by atoms with Crippen LogP contribution in [0.25, 0.3) is 0 Å². The number of likely N-dealkylation sites (N-methyl/N-ethyl adjacent to an activating group) is 2. The van der Waals surface area contributed by atoms with Crippen LogP contribution >= 0.6 is 0 Å². The van der Waals surface area contributed by atoms with E-state index in [0.717, 1.165) is 31.2 Å². The monoisotopic (exact) mass is 270 g/mol. The lowest BCUT2D eigenvalue weighted by Gasteiger charge is -2.34. The average molecular weight is 270 g/mol. The lowest BCUT2D eigenvalue weighted by atomic mass is 9.76. The fraction of sp³-hybridized carbons (Fsp3) is 0.471. The fourth-order valence-electron chi connectivity index (χ4n) is 4.03. The van der Waals surface area contributed by atoms with E-state index >= 15 is 0 Å². The summed E-state index contributed by atoms with van der Waals surface area (Å²) in [5.41, 5.74) is 3.73. The van der Waals surface area contributed by atoms with Crippen molar-refractivity contribution in [1.29, 1.82) is 0 Å². The molecule has 0 unspecified atom stereocenters. The van der Waals surface area contributed by atoms with Gasteiger partial charge in [0.15, 0.2) is 0 Å². The number of hydrogen-bond acceptors (Lipinski definition) is 3. The molecule has 106 valence electrons. The van der Waals surface area contributed by atoms with E-state index < -0.39 is 0 Å². The minimum Gasteiger partial charge on any atom is -0.358 e. The van der Waals surface area contributed by atoms with Crippen LogP contribution in [0, 0.1) is 0 Å². The zero-order valence-electron chi connectivity index (χ0n) is 12.5. The van der Waals surface area contributed by atoms with Gasteiger partial charge in [0, 0.05) is 24.7 Å². The van der Waals surface area contributed by atoms with Crippen molar-refractivity contribution in [3.8, 4) is 0 Å². The molecule has 0 N–H and O–H groups in total. The highest BCUT2D eigenvalue weighted by Crippen LogP contribution is 2.53. The third-order valence-electron chi connectivity index (χ3n) is 4.98. The van der Waals surface area contributed by atoms with Crippen molar-refractivity contribution in [2.45, 2.75) is 31.3 Å². The van der Waals surface area contributed by atoms with Gasteiger partial charge in [-0.1, -0.05) is 24.3 Å². The minimum atomic E-state index is 0.129. The molecule has 2 heterocycles. The van der Waals surface area contributed by atoms with Gasteiger partial charge in [0.05, 0.1) is 6.17 Å². The molecular weight excluding hydrogens is 248 g/mol. The Labute approximate surface area is 120 Å². The van der Waals surface area contributed by atoms with E-state index in [1.807, 2.05) is 6.92 Å². The maximum Gasteiger partial charge on any atom is 0.145 e. The summed E-state index contributed by atoms with van der Waals surface area (Å²) in [4.78, 5) is 15.7. The number of nitrogens with zero attached hydrogens (tertiary/aromatic N) is 2. The van der Waals surface area contributed by atoms with Gasteiger partial charge in [-0.15, -0.1) is 0 Å². The maximum atomic E-state index is 10.9. The molecule has 20 heavy (non-hydrogen) atoms. The van der Waals surface area contributed by atoms with Crippen LogP contribution in [-0.2, 0) is 10.2 Å². The number of likely N-dealkylation sites (tertiary alicyclic amines) is 1. The van der Waals surface area contributed by atoms with Gasteiger partial charge in [0.1, 0.15) is 6.29 Å². The first-order valence-electron chi connectivity index (χ1n) is 7.25. The summed E-state index contributed by atoms with van der Waals surface area (Å²) in [5, 5.41) is 0. The van der Waals surface area contributed by atoms with Gasteiger partial charge < -0.3 is 4.90 Å². The van der Waals surface area contributed by atoms with Crippen LogP contribution in [0.1, 0.15) is 25.3 Å². The van der Waals surface area contributed by atoms with Crippen LogP contribution in [0.4, 0.5) is 5.69 Å². The molecule has 1 fully saturated rings. The van der Waals surface area contributed by atoms with Gasteiger partial charge in [-0.3, -0.25) is 9.69 Å². The second-order valence-electron chi connectivity index (χ2n) is 6.16. The first-order chi connectivity index (χ1) is 9.60. The molecule has 3 rings (SSSR count). The first kappa shape index (κ1) is 13.4. The van der Waals surface area contributed by atoms with E-state index in [4.69, 9.17) is 0 Å². The summed E-state index contributed by atoms with van der Waals surface area (Å²) in [6.45, 7) is 3.00. The van der Waals surface area contributed by atoms with Crippen LogP contribution in [0.2, 0.25) is 0 Å². The molecule has 2 aliphatic heterocycles. The zero-order valence-corrected chi connectivity index (χ0v) is 12.5. The Kier molecular flexibility index (Phi) is 3.17. The van der Waals surface area contributed by atoms with Crippen LogP contribution < -0.4 is 4.90 Å². The smallest absolute Gasteiger partial charge is 0.145 e. The lowest BCUT2D eigenvalue weighted by molar-refractivity contribution is -0.104. The van der Waals surface area contributed by atoms with Gasteiger partial charge in [-0.05, 0) is 44.0 Å². The van der Waals surface area contributed by atoms with Crippen molar-refractivity contribution in [1.82, 2.24) is 4.90 Å². The Bertz CT molecular complexity index is 566. The molecular formula is C17H22N2O. The van der Waals surface area contributed by atoms with Crippen molar-refractivity contribution in [2.75, 3.05) is 25.5 Å². The van der Waals surface area contributed by atoms with E-state index in [2.05, 4.69) is 54.2 Å². The Morgan fingerprint density at radius 1 is 1.40 bits per heavy atom. The summed E-state index contributed by atoms with van der Waals surface area (Å²) < 4.78 is 0. The Morgan fingerprint density at radius 2 is 2.15 bits per heavy atom. The Hall–Kier alpha value is -1.61. The summed E-state index contributed by atoms with van der Waals surface area (Å²) in [5.74, 6) is 0. The van der Waals surface area contributed by atoms with E-state index in [0.29, 0.717) is 6.17 Å². The molecule has 0 bridgehead atoms. The molecule has 0 aliphatic carbocycles. The number of fused-ring (bicyclic) bond motifs is 3. The van der Waals surface area contributed by atoms with Gasteiger partial charge in [0.2, 0.25) is 0 Å². The number of anilines is 1. The SMILES string of the molecule is C/C(C=O)=C\C[C@]12CCN(C)[C@H]1N(C)c1ccccc12. The first-order valence-corrected chi connectivity index (χ1v) is 7.25. The molecule has 0 spiro atoms. The third kappa shape index (κ3) is 1.73. The number of aldehydes is 1. The van der Waals surface area contributed by atoms with E-state index in [9.17, 15) is 4.79 Å². The van der Waals surface area contributed by atoms with Gasteiger partial charge in [-0.2, -0.15) is 0 Å². The Morgan fingerprint density at radius 3 is 2.90 bits per heavy atom. The van der Waals surface area contributed by atoms with Crippen LogP contribution in [0.5, 0.6) is 0 Å². The number of rotatable bonds is 3. The maximum absolute atomic E-state index is 10.9. The highest BCUT2D eigenvalue weighted by Gasteiger charge is 2.54. The number of allylic oxidation sites excluding steroid dienone is 2. The minimum absolute atomic E-state index is 0.129. The molecule has 0 aromatic heterocycles. The normalized spacial score (nSPS) is 29.4. The van der Waals surface area contributed by atoms with E-state index in [1.54, 1.807) is 0 Å². The zero-order chi connectivity index (χ0) is 14.3. The quantitative estimate of drug-likeness (QED) is 0.623. The lowest BCUT2D eigenvalue weighted by Crippen LogP contribution is -2.46.